The van der Waals surface area contributed by atoms with Crippen LogP contribution in [0.5, 0.6) is 11.5 Å². The molecule has 0 saturated heterocycles. The first kappa shape index (κ1) is 25.9. The van der Waals surface area contributed by atoms with Gasteiger partial charge in [0.05, 0.1) is 16.0 Å². The standard InChI is InChI=1S/C25H19Br2N3O5/c1-2-34-22-9-5-20(6-10-22)29-25(31)18(14-28)11-17-12-19(26)13-23(27)24(17)35-15-16-3-7-21(8-4-16)30(32)33/h3-13H,2,15H2,1H3,(H,29,31)/b18-11+. The molecule has 1 amide bonds. The molecule has 0 heterocycles. The van der Waals surface area contributed by atoms with Crippen molar-refractivity contribution in [2.75, 3.05) is 11.9 Å². The zero-order valence-electron chi connectivity index (χ0n) is 18.5. The molecule has 0 saturated carbocycles. The summed E-state index contributed by atoms with van der Waals surface area (Å²) in [7, 11) is 0. The summed E-state index contributed by atoms with van der Waals surface area (Å²) in [6.45, 7) is 2.53. The van der Waals surface area contributed by atoms with E-state index in [4.69, 9.17) is 9.47 Å². The number of rotatable bonds is 9. The zero-order valence-corrected chi connectivity index (χ0v) is 21.6. The molecule has 8 nitrogen and oxygen atoms in total. The summed E-state index contributed by atoms with van der Waals surface area (Å²) in [5, 5.41) is 23.2. The molecule has 35 heavy (non-hydrogen) atoms. The van der Waals surface area contributed by atoms with E-state index < -0.39 is 10.8 Å². The zero-order chi connectivity index (χ0) is 25.4. The summed E-state index contributed by atoms with van der Waals surface area (Å²) in [5.41, 5.74) is 1.59. The first-order valence-corrected chi connectivity index (χ1v) is 11.9. The average Bonchev–Trinajstić information content (AvgIpc) is 2.83. The first-order valence-electron chi connectivity index (χ1n) is 10.3. The van der Waals surface area contributed by atoms with Gasteiger partial charge < -0.3 is 14.8 Å². The third-order valence-corrected chi connectivity index (χ3v) is 5.70. The molecular formula is C25H19Br2N3O5. The molecule has 10 heteroatoms. The number of nitrogens with one attached hydrogen (secondary N) is 1. The fourth-order valence-corrected chi connectivity index (χ4v) is 4.39. The van der Waals surface area contributed by atoms with Gasteiger partial charge >= 0.3 is 0 Å². The molecule has 0 spiro atoms. The Hall–Kier alpha value is -3.68. The third kappa shape index (κ3) is 7.15. The van der Waals surface area contributed by atoms with E-state index in [9.17, 15) is 20.2 Å². The van der Waals surface area contributed by atoms with Crippen LogP contribution in [0.15, 0.2) is 75.2 Å². The maximum absolute atomic E-state index is 12.8. The van der Waals surface area contributed by atoms with Gasteiger partial charge in [0.1, 0.15) is 29.7 Å². The van der Waals surface area contributed by atoms with Crippen molar-refractivity contribution in [3.05, 3.63) is 96.4 Å². The summed E-state index contributed by atoms with van der Waals surface area (Å²) in [6.07, 6.45) is 1.44. The van der Waals surface area contributed by atoms with Crippen LogP contribution in [0.2, 0.25) is 0 Å². The lowest BCUT2D eigenvalue weighted by atomic mass is 10.1. The van der Waals surface area contributed by atoms with Crippen LogP contribution in [0.3, 0.4) is 0 Å². The number of nitro benzene ring substituents is 1. The summed E-state index contributed by atoms with van der Waals surface area (Å²) < 4.78 is 12.7. The van der Waals surface area contributed by atoms with E-state index in [2.05, 4.69) is 37.2 Å². The van der Waals surface area contributed by atoms with Crippen LogP contribution >= 0.6 is 31.9 Å². The number of carbonyl (C=O) groups is 1. The van der Waals surface area contributed by atoms with Gasteiger partial charge in [-0.1, -0.05) is 15.9 Å². The lowest BCUT2D eigenvalue weighted by molar-refractivity contribution is -0.384. The van der Waals surface area contributed by atoms with Crippen LogP contribution in [0, 0.1) is 21.4 Å². The topological polar surface area (TPSA) is 114 Å². The second-order valence-corrected chi connectivity index (χ2v) is 8.87. The molecule has 0 aliphatic rings. The number of halogens is 2. The number of non-ortho nitro benzene ring substituents is 1. The Bertz CT molecular complexity index is 1300. The predicted molar refractivity (Wildman–Crippen MR) is 139 cm³/mol. The van der Waals surface area contributed by atoms with E-state index in [-0.39, 0.29) is 17.9 Å². The van der Waals surface area contributed by atoms with Crippen LogP contribution in [-0.4, -0.2) is 17.4 Å². The number of anilines is 1. The fraction of sp³-hybridized carbons (Fsp3) is 0.120. The van der Waals surface area contributed by atoms with Crippen molar-refractivity contribution < 1.29 is 19.2 Å². The SMILES string of the molecule is CCOc1ccc(NC(=O)/C(C#N)=C/c2cc(Br)cc(Br)c2OCc2ccc([N+](=O)[O-])cc2)cc1. The van der Waals surface area contributed by atoms with Crippen molar-refractivity contribution in [2.45, 2.75) is 13.5 Å². The number of hydrogen-bond donors (Lipinski definition) is 1. The van der Waals surface area contributed by atoms with E-state index in [1.165, 1.54) is 18.2 Å². The van der Waals surface area contributed by atoms with E-state index in [0.29, 0.717) is 43.9 Å². The Morgan fingerprint density at radius 3 is 2.40 bits per heavy atom. The number of nitro groups is 1. The summed E-state index contributed by atoms with van der Waals surface area (Å²) in [4.78, 5) is 23.1. The van der Waals surface area contributed by atoms with Gasteiger partial charge in [-0.05, 0) is 83.0 Å². The lowest BCUT2D eigenvalue weighted by Crippen LogP contribution is -2.13. The minimum absolute atomic E-state index is 0.0144. The van der Waals surface area contributed by atoms with Crippen molar-refractivity contribution in [1.29, 1.82) is 5.26 Å². The normalized spacial score (nSPS) is 10.9. The van der Waals surface area contributed by atoms with Crippen molar-refractivity contribution >= 4 is 55.2 Å². The van der Waals surface area contributed by atoms with Gasteiger partial charge in [-0.2, -0.15) is 5.26 Å². The highest BCUT2D eigenvalue weighted by atomic mass is 79.9. The maximum Gasteiger partial charge on any atom is 0.269 e. The van der Waals surface area contributed by atoms with Crippen LogP contribution in [0.25, 0.3) is 6.08 Å². The molecule has 1 N–H and O–H groups in total. The van der Waals surface area contributed by atoms with Crippen LogP contribution in [0.1, 0.15) is 18.1 Å². The summed E-state index contributed by atoms with van der Waals surface area (Å²) in [6, 6.07) is 18.3. The predicted octanol–water partition coefficient (Wildman–Crippen LogP) is 6.64. The van der Waals surface area contributed by atoms with Crippen molar-refractivity contribution in [3.8, 4) is 17.6 Å². The number of ether oxygens (including phenoxy) is 2. The molecule has 0 bridgehead atoms. The molecular weight excluding hydrogens is 582 g/mol. The Balaban J connectivity index is 1.82. The van der Waals surface area contributed by atoms with Crippen LogP contribution in [-0.2, 0) is 11.4 Å². The summed E-state index contributed by atoms with van der Waals surface area (Å²) in [5.74, 6) is 0.512. The van der Waals surface area contributed by atoms with E-state index >= 15 is 0 Å². The minimum Gasteiger partial charge on any atom is -0.494 e. The van der Waals surface area contributed by atoms with Gasteiger partial charge in [0, 0.05) is 27.9 Å². The number of amides is 1. The van der Waals surface area contributed by atoms with Gasteiger partial charge in [-0.15, -0.1) is 0 Å². The molecule has 3 aromatic rings. The molecule has 0 aliphatic heterocycles. The number of nitriles is 1. The van der Waals surface area contributed by atoms with Crippen LogP contribution in [0.4, 0.5) is 11.4 Å². The molecule has 3 aromatic carbocycles. The third-order valence-electron chi connectivity index (χ3n) is 4.66. The Morgan fingerprint density at radius 2 is 1.80 bits per heavy atom. The number of hydrogen-bond acceptors (Lipinski definition) is 6. The van der Waals surface area contributed by atoms with Crippen molar-refractivity contribution in [3.63, 3.8) is 0 Å². The molecule has 0 radical (unpaired) electrons. The van der Waals surface area contributed by atoms with Gasteiger partial charge in [0.15, 0.2) is 0 Å². The molecule has 0 aliphatic carbocycles. The van der Waals surface area contributed by atoms with E-state index in [1.807, 2.05) is 13.0 Å². The highest BCUT2D eigenvalue weighted by Crippen LogP contribution is 2.35. The van der Waals surface area contributed by atoms with E-state index in [0.717, 1.165) is 0 Å². The maximum atomic E-state index is 12.8. The Labute approximate surface area is 218 Å². The highest BCUT2D eigenvalue weighted by Gasteiger charge is 2.15. The second kappa shape index (κ2) is 12.1. The number of nitrogens with zero attached hydrogens (tertiary/aromatic N) is 2. The van der Waals surface area contributed by atoms with Gasteiger partial charge in [0.2, 0.25) is 0 Å². The quantitative estimate of drug-likeness (QED) is 0.127. The smallest absolute Gasteiger partial charge is 0.269 e. The summed E-state index contributed by atoms with van der Waals surface area (Å²) >= 11 is 6.87. The van der Waals surface area contributed by atoms with Crippen molar-refractivity contribution in [2.24, 2.45) is 0 Å². The highest BCUT2D eigenvalue weighted by molar-refractivity contribution is 9.11. The molecule has 0 fully saturated rings. The van der Waals surface area contributed by atoms with E-state index in [1.54, 1.807) is 48.5 Å². The minimum atomic E-state index is -0.575. The molecule has 3 rings (SSSR count). The van der Waals surface area contributed by atoms with Crippen molar-refractivity contribution in [1.82, 2.24) is 0 Å². The number of carbonyl (C=O) groups excluding carboxylic acids is 1. The molecule has 178 valence electrons. The van der Waals surface area contributed by atoms with Gasteiger partial charge in [-0.25, -0.2) is 0 Å². The molecule has 0 unspecified atom stereocenters. The largest absolute Gasteiger partial charge is 0.494 e. The average molecular weight is 601 g/mol. The van der Waals surface area contributed by atoms with Gasteiger partial charge in [0.25, 0.3) is 11.6 Å². The second-order valence-electron chi connectivity index (χ2n) is 7.10. The number of benzene rings is 3. The Morgan fingerprint density at radius 1 is 1.11 bits per heavy atom. The fourth-order valence-electron chi connectivity index (χ4n) is 3.01. The lowest BCUT2D eigenvalue weighted by Gasteiger charge is -2.13. The van der Waals surface area contributed by atoms with Gasteiger partial charge in [-0.3, -0.25) is 14.9 Å². The van der Waals surface area contributed by atoms with Crippen LogP contribution < -0.4 is 14.8 Å². The Kier molecular flexibility index (Phi) is 9.00. The molecule has 0 atom stereocenters. The first-order chi connectivity index (χ1) is 16.8. The molecule has 0 aromatic heterocycles. The monoisotopic (exact) mass is 599 g/mol.